The van der Waals surface area contributed by atoms with Gasteiger partial charge in [-0.1, -0.05) is 61.9 Å². The molecule has 0 unspecified atom stereocenters. The maximum Gasteiger partial charge on any atom is 0.255 e. The van der Waals surface area contributed by atoms with Crippen molar-refractivity contribution in [1.82, 2.24) is 15.1 Å². The van der Waals surface area contributed by atoms with Crippen molar-refractivity contribution in [2.75, 3.05) is 6.54 Å². The largest absolute Gasteiger partial charge is 0.352 e. The molecule has 0 saturated heterocycles. The molecule has 0 aliphatic heterocycles. The number of benzene rings is 2. The molecular weight excluding hydrogens is 298 g/mol. The summed E-state index contributed by atoms with van der Waals surface area (Å²) >= 11 is 0. The molecule has 3 rings (SSSR count). The highest BCUT2D eigenvalue weighted by atomic mass is 16.1. The number of nitrogens with zero attached hydrogens (tertiary/aromatic N) is 2. The average molecular weight is 319 g/mol. The Hall–Kier alpha value is -2.88. The minimum atomic E-state index is -0.0792. The number of carbonyl (C=O) groups is 1. The summed E-state index contributed by atoms with van der Waals surface area (Å²) in [6.45, 7) is 2.79. The second-order valence-electron chi connectivity index (χ2n) is 5.65. The van der Waals surface area contributed by atoms with Crippen LogP contribution >= 0.6 is 0 Å². The van der Waals surface area contributed by atoms with Gasteiger partial charge in [-0.05, 0) is 18.6 Å². The maximum absolute atomic E-state index is 12.6. The van der Waals surface area contributed by atoms with Crippen molar-refractivity contribution >= 4 is 5.91 Å². The van der Waals surface area contributed by atoms with Crippen LogP contribution in [0.15, 0.2) is 66.9 Å². The van der Waals surface area contributed by atoms with Gasteiger partial charge in [-0.2, -0.15) is 5.10 Å². The third-order valence-corrected chi connectivity index (χ3v) is 3.84. The zero-order valence-electron chi connectivity index (χ0n) is 13.8. The SMILES string of the molecule is CCCCNC(=O)c1cn(-c2ccccc2)nc1-c1ccccc1. The van der Waals surface area contributed by atoms with Crippen molar-refractivity contribution in [2.24, 2.45) is 0 Å². The van der Waals surface area contributed by atoms with E-state index in [1.54, 1.807) is 10.9 Å². The maximum atomic E-state index is 12.6. The van der Waals surface area contributed by atoms with Gasteiger partial charge >= 0.3 is 0 Å². The molecule has 2 aromatic carbocycles. The summed E-state index contributed by atoms with van der Waals surface area (Å²) < 4.78 is 1.76. The Morgan fingerprint density at radius 3 is 2.38 bits per heavy atom. The number of nitrogens with one attached hydrogen (secondary N) is 1. The molecule has 0 saturated carbocycles. The Morgan fingerprint density at radius 2 is 1.71 bits per heavy atom. The quantitative estimate of drug-likeness (QED) is 0.696. The Labute approximate surface area is 142 Å². The third kappa shape index (κ3) is 3.54. The van der Waals surface area contributed by atoms with E-state index in [-0.39, 0.29) is 5.91 Å². The van der Waals surface area contributed by atoms with Gasteiger partial charge in [0.25, 0.3) is 5.91 Å². The highest BCUT2D eigenvalue weighted by Gasteiger charge is 2.18. The topological polar surface area (TPSA) is 46.9 Å². The highest BCUT2D eigenvalue weighted by molar-refractivity contribution is 5.99. The standard InChI is InChI=1S/C20H21N3O/c1-2-3-14-21-20(24)18-15-23(17-12-8-5-9-13-17)22-19(18)16-10-6-4-7-11-16/h4-13,15H,2-3,14H2,1H3,(H,21,24). The van der Waals surface area contributed by atoms with Crippen molar-refractivity contribution in [3.05, 3.63) is 72.4 Å². The lowest BCUT2D eigenvalue weighted by Gasteiger charge is -2.04. The van der Waals surface area contributed by atoms with Crippen LogP contribution in [0.4, 0.5) is 0 Å². The molecule has 0 spiro atoms. The van der Waals surface area contributed by atoms with E-state index in [4.69, 9.17) is 0 Å². The first-order valence-corrected chi connectivity index (χ1v) is 8.28. The van der Waals surface area contributed by atoms with E-state index in [1.807, 2.05) is 60.7 Å². The van der Waals surface area contributed by atoms with Crippen LogP contribution in [0.2, 0.25) is 0 Å². The molecular formula is C20H21N3O. The average Bonchev–Trinajstić information content (AvgIpc) is 3.09. The second-order valence-corrected chi connectivity index (χ2v) is 5.65. The second kappa shape index (κ2) is 7.59. The molecule has 122 valence electrons. The van der Waals surface area contributed by atoms with E-state index in [0.717, 1.165) is 24.1 Å². The molecule has 0 radical (unpaired) electrons. The van der Waals surface area contributed by atoms with Gasteiger partial charge in [-0.3, -0.25) is 4.79 Å². The zero-order chi connectivity index (χ0) is 16.8. The number of aromatic nitrogens is 2. The van der Waals surface area contributed by atoms with Crippen LogP contribution in [-0.4, -0.2) is 22.2 Å². The summed E-state index contributed by atoms with van der Waals surface area (Å²) in [5.74, 6) is -0.0792. The van der Waals surface area contributed by atoms with Crippen LogP contribution in [0.3, 0.4) is 0 Å². The fourth-order valence-corrected chi connectivity index (χ4v) is 2.54. The number of unbranched alkanes of at least 4 members (excludes halogenated alkanes) is 1. The number of hydrogen-bond donors (Lipinski definition) is 1. The van der Waals surface area contributed by atoms with E-state index in [1.165, 1.54) is 0 Å². The monoisotopic (exact) mass is 319 g/mol. The van der Waals surface area contributed by atoms with E-state index in [0.29, 0.717) is 17.8 Å². The predicted molar refractivity (Wildman–Crippen MR) is 96.2 cm³/mol. The predicted octanol–water partition coefficient (Wildman–Crippen LogP) is 4.07. The Morgan fingerprint density at radius 1 is 1.04 bits per heavy atom. The molecule has 1 aromatic heterocycles. The van der Waals surface area contributed by atoms with Crippen molar-refractivity contribution in [3.8, 4) is 16.9 Å². The third-order valence-electron chi connectivity index (χ3n) is 3.84. The molecule has 0 bridgehead atoms. The Bertz CT molecular complexity index is 794. The van der Waals surface area contributed by atoms with Crippen LogP contribution in [0.5, 0.6) is 0 Å². The van der Waals surface area contributed by atoms with Gasteiger partial charge in [0.2, 0.25) is 0 Å². The summed E-state index contributed by atoms with van der Waals surface area (Å²) in [5, 5.41) is 7.64. The van der Waals surface area contributed by atoms with E-state index >= 15 is 0 Å². The van der Waals surface area contributed by atoms with E-state index in [2.05, 4.69) is 17.3 Å². The van der Waals surface area contributed by atoms with Crippen molar-refractivity contribution < 1.29 is 4.79 Å². The van der Waals surface area contributed by atoms with E-state index < -0.39 is 0 Å². The summed E-state index contributed by atoms with van der Waals surface area (Å²) in [7, 11) is 0. The van der Waals surface area contributed by atoms with Crippen LogP contribution in [0.25, 0.3) is 16.9 Å². The number of amides is 1. The fraction of sp³-hybridized carbons (Fsp3) is 0.200. The van der Waals surface area contributed by atoms with Crippen molar-refractivity contribution in [3.63, 3.8) is 0 Å². The molecule has 1 heterocycles. The molecule has 0 fully saturated rings. The highest BCUT2D eigenvalue weighted by Crippen LogP contribution is 2.23. The molecule has 24 heavy (non-hydrogen) atoms. The van der Waals surface area contributed by atoms with Gasteiger partial charge in [0.15, 0.2) is 0 Å². The zero-order valence-corrected chi connectivity index (χ0v) is 13.8. The minimum Gasteiger partial charge on any atom is -0.352 e. The molecule has 4 heteroatoms. The molecule has 0 aliphatic rings. The fourth-order valence-electron chi connectivity index (χ4n) is 2.54. The van der Waals surface area contributed by atoms with Crippen LogP contribution in [0.1, 0.15) is 30.1 Å². The minimum absolute atomic E-state index is 0.0792. The molecule has 3 aromatic rings. The van der Waals surface area contributed by atoms with Crippen LogP contribution < -0.4 is 5.32 Å². The lowest BCUT2D eigenvalue weighted by atomic mass is 10.1. The van der Waals surface area contributed by atoms with Gasteiger partial charge in [0.1, 0.15) is 5.69 Å². The van der Waals surface area contributed by atoms with E-state index in [9.17, 15) is 4.79 Å². The molecule has 0 aliphatic carbocycles. The Balaban J connectivity index is 1.99. The number of para-hydroxylation sites is 1. The lowest BCUT2D eigenvalue weighted by molar-refractivity contribution is 0.0954. The van der Waals surface area contributed by atoms with Gasteiger partial charge in [-0.15, -0.1) is 0 Å². The summed E-state index contributed by atoms with van der Waals surface area (Å²) in [6.07, 6.45) is 3.83. The molecule has 0 atom stereocenters. The summed E-state index contributed by atoms with van der Waals surface area (Å²) in [5.41, 5.74) is 3.17. The normalized spacial score (nSPS) is 10.5. The van der Waals surface area contributed by atoms with Crippen LogP contribution in [0, 0.1) is 0 Å². The smallest absolute Gasteiger partial charge is 0.255 e. The van der Waals surface area contributed by atoms with Gasteiger partial charge in [-0.25, -0.2) is 4.68 Å². The first-order valence-electron chi connectivity index (χ1n) is 8.28. The molecule has 1 amide bonds. The summed E-state index contributed by atoms with van der Waals surface area (Å²) in [6, 6.07) is 19.6. The lowest BCUT2D eigenvalue weighted by Crippen LogP contribution is -2.24. The number of carbonyl (C=O) groups excluding carboxylic acids is 1. The van der Waals surface area contributed by atoms with Crippen molar-refractivity contribution in [2.45, 2.75) is 19.8 Å². The van der Waals surface area contributed by atoms with Crippen LogP contribution in [-0.2, 0) is 0 Å². The number of rotatable bonds is 6. The number of hydrogen-bond acceptors (Lipinski definition) is 2. The van der Waals surface area contributed by atoms with Gasteiger partial charge < -0.3 is 5.32 Å². The molecule has 1 N–H and O–H groups in total. The van der Waals surface area contributed by atoms with Gasteiger partial charge in [0.05, 0.1) is 11.3 Å². The first kappa shape index (κ1) is 16.0. The molecule has 4 nitrogen and oxygen atoms in total. The van der Waals surface area contributed by atoms with Crippen molar-refractivity contribution in [1.29, 1.82) is 0 Å². The first-order chi connectivity index (χ1) is 11.8. The Kier molecular flexibility index (Phi) is 5.06. The summed E-state index contributed by atoms with van der Waals surface area (Å²) in [4.78, 5) is 12.6. The van der Waals surface area contributed by atoms with Gasteiger partial charge in [0, 0.05) is 18.3 Å².